The molecule has 0 saturated carbocycles. The lowest BCUT2D eigenvalue weighted by molar-refractivity contribution is -0.115. The molecule has 0 bridgehead atoms. The fraction of sp³-hybridized carbons (Fsp3) is 0.148. The number of carbonyl (C=O) groups excluding carboxylic acids is 1. The minimum absolute atomic E-state index is 0.137. The van der Waals surface area contributed by atoms with E-state index in [-0.39, 0.29) is 11.0 Å². The molecule has 0 aliphatic rings. The summed E-state index contributed by atoms with van der Waals surface area (Å²) in [6, 6.07) is 21.0. The van der Waals surface area contributed by atoms with Gasteiger partial charge in [-0.15, -0.1) is 0 Å². The maximum Gasteiger partial charge on any atom is 0.250 e. The Morgan fingerprint density at radius 3 is 2.71 bits per heavy atom. The van der Waals surface area contributed by atoms with E-state index in [4.69, 9.17) is 28.2 Å². The third-order valence-electron chi connectivity index (χ3n) is 5.52. The highest BCUT2D eigenvalue weighted by molar-refractivity contribution is 7.80. The number of halogens is 1. The van der Waals surface area contributed by atoms with Crippen molar-refractivity contribution in [2.75, 3.05) is 5.32 Å². The van der Waals surface area contributed by atoms with Crippen LogP contribution >= 0.6 is 23.8 Å². The highest BCUT2D eigenvalue weighted by Gasteiger charge is 2.13. The molecule has 34 heavy (non-hydrogen) atoms. The number of rotatable bonds is 6. The van der Waals surface area contributed by atoms with E-state index in [9.17, 15) is 4.79 Å². The predicted octanol–water partition coefficient (Wildman–Crippen LogP) is 7.19. The summed E-state index contributed by atoms with van der Waals surface area (Å²) in [6.45, 7) is 4.36. The summed E-state index contributed by atoms with van der Waals surface area (Å²) in [5.74, 6) is 0.594. The van der Waals surface area contributed by atoms with Gasteiger partial charge in [-0.25, -0.2) is 4.98 Å². The van der Waals surface area contributed by atoms with Crippen molar-refractivity contribution in [2.45, 2.75) is 26.2 Å². The van der Waals surface area contributed by atoms with Gasteiger partial charge in [0.15, 0.2) is 10.7 Å². The van der Waals surface area contributed by atoms with Gasteiger partial charge in [0.25, 0.3) is 0 Å². The Labute approximate surface area is 208 Å². The number of thiocarbonyl (C=S) groups is 1. The van der Waals surface area contributed by atoms with Gasteiger partial charge in [-0.3, -0.25) is 10.1 Å². The Kier molecular flexibility index (Phi) is 7.40. The maximum absolute atomic E-state index is 12.2. The third kappa shape index (κ3) is 5.71. The molecule has 0 radical (unpaired) electrons. The number of hydrogen-bond donors (Lipinski definition) is 2. The largest absolute Gasteiger partial charge is 0.436 e. The molecular weight excluding hydrogens is 466 g/mol. The van der Waals surface area contributed by atoms with E-state index in [1.165, 1.54) is 11.6 Å². The van der Waals surface area contributed by atoms with Crippen molar-refractivity contribution in [3.05, 3.63) is 89.0 Å². The van der Waals surface area contributed by atoms with E-state index >= 15 is 0 Å². The number of hydrogen-bond acceptors (Lipinski definition) is 4. The minimum Gasteiger partial charge on any atom is -0.436 e. The molecule has 1 amide bonds. The summed E-state index contributed by atoms with van der Waals surface area (Å²) in [6.07, 6.45) is 4.19. The molecule has 0 spiro atoms. The first-order valence-corrected chi connectivity index (χ1v) is 11.8. The fourth-order valence-corrected chi connectivity index (χ4v) is 3.78. The van der Waals surface area contributed by atoms with Crippen LogP contribution in [0.2, 0.25) is 5.02 Å². The Bertz CT molecular complexity index is 1370. The number of amides is 1. The molecule has 172 valence electrons. The molecule has 1 aromatic heterocycles. The molecule has 1 atom stereocenters. The Balaban J connectivity index is 1.48. The van der Waals surface area contributed by atoms with E-state index in [1.54, 1.807) is 18.2 Å². The van der Waals surface area contributed by atoms with Crippen molar-refractivity contribution in [3.63, 3.8) is 0 Å². The Morgan fingerprint density at radius 2 is 1.94 bits per heavy atom. The lowest BCUT2D eigenvalue weighted by Crippen LogP contribution is -2.32. The van der Waals surface area contributed by atoms with Crippen LogP contribution in [0.5, 0.6) is 0 Å². The first-order chi connectivity index (χ1) is 16.4. The van der Waals surface area contributed by atoms with Crippen molar-refractivity contribution in [2.24, 2.45) is 0 Å². The second kappa shape index (κ2) is 10.6. The fourth-order valence-electron chi connectivity index (χ4n) is 3.41. The Hall–Kier alpha value is -3.48. The topological polar surface area (TPSA) is 67.2 Å². The average molecular weight is 490 g/mol. The van der Waals surface area contributed by atoms with Gasteiger partial charge in [0.2, 0.25) is 11.8 Å². The van der Waals surface area contributed by atoms with Gasteiger partial charge in [-0.05, 0) is 72.1 Å². The highest BCUT2D eigenvalue weighted by atomic mass is 35.5. The smallest absolute Gasteiger partial charge is 0.250 e. The van der Waals surface area contributed by atoms with E-state index < -0.39 is 0 Å². The van der Waals surface area contributed by atoms with E-state index in [0.717, 1.165) is 28.6 Å². The maximum atomic E-state index is 12.2. The Morgan fingerprint density at radius 1 is 1.15 bits per heavy atom. The summed E-state index contributed by atoms with van der Waals surface area (Å²) in [5.41, 5.74) is 4.97. The van der Waals surface area contributed by atoms with Crippen molar-refractivity contribution in [1.82, 2.24) is 10.3 Å². The van der Waals surface area contributed by atoms with Crippen molar-refractivity contribution < 1.29 is 9.21 Å². The molecule has 7 heteroatoms. The van der Waals surface area contributed by atoms with Crippen LogP contribution in [0.3, 0.4) is 0 Å². The molecule has 1 heterocycles. The number of carbonyl (C=O) groups is 1. The lowest BCUT2D eigenvalue weighted by atomic mass is 9.98. The van der Waals surface area contributed by atoms with Gasteiger partial charge in [0.05, 0.1) is 10.7 Å². The van der Waals surface area contributed by atoms with Gasteiger partial charge < -0.3 is 9.73 Å². The number of nitrogens with zero attached hydrogens (tertiary/aromatic N) is 1. The average Bonchev–Trinajstić information content (AvgIpc) is 3.27. The van der Waals surface area contributed by atoms with Crippen LogP contribution in [0.1, 0.15) is 37.3 Å². The highest BCUT2D eigenvalue weighted by Crippen LogP contribution is 2.31. The van der Waals surface area contributed by atoms with Crippen LogP contribution in [0.4, 0.5) is 5.69 Å². The summed E-state index contributed by atoms with van der Waals surface area (Å²) in [5, 5.41) is 6.20. The normalized spacial score (nSPS) is 12.1. The molecule has 5 nitrogen and oxygen atoms in total. The first kappa shape index (κ1) is 23.7. The third-order valence-corrected chi connectivity index (χ3v) is 6.05. The number of nitrogens with one attached hydrogen (secondary N) is 2. The van der Waals surface area contributed by atoms with Crippen LogP contribution in [0.25, 0.3) is 28.6 Å². The predicted molar refractivity (Wildman–Crippen MR) is 143 cm³/mol. The van der Waals surface area contributed by atoms with Gasteiger partial charge in [-0.2, -0.15) is 0 Å². The SMILES string of the molecule is CCC(C)c1ccc2oc(-c3ccc(Cl)c(NC(=S)NC(=O)/C=C/c4ccccc4)c3)nc2c1. The van der Waals surface area contributed by atoms with Crippen LogP contribution < -0.4 is 10.6 Å². The van der Waals surface area contributed by atoms with Crippen LogP contribution in [-0.2, 0) is 4.79 Å². The van der Waals surface area contributed by atoms with E-state index in [1.807, 2.05) is 42.5 Å². The van der Waals surface area contributed by atoms with Crippen molar-refractivity contribution in [1.29, 1.82) is 0 Å². The van der Waals surface area contributed by atoms with E-state index in [2.05, 4.69) is 41.6 Å². The number of benzene rings is 3. The summed E-state index contributed by atoms with van der Waals surface area (Å²) >= 11 is 11.6. The standard InChI is InChI=1S/C27H24ClN3O2S/c1-3-17(2)19-11-13-24-23(15-19)29-26(33-24)20-10-12-21(28)22(16-20)30-27(34)31-25(32)14-9-18-7-5-4-6-8-18/h4-17H,3H2,1-2H3,(H2,30,31,32,34)/b14-9+. The van der Waals surface area contributed by atoms with Crippen LogP contribution in [0.15, 0.2) is 77.2 Å². The van der Waals surface area contributed by atoms with E-state index in [0.29, 0.717) is 22.5 Å². The molecule has 4 aromatic rings. The van der Waals surface area contributed by atoms with Gasteiger partial charge in [-0.1, -0.05) is 61.8 Å². The summed E-state index contributed by atoms with van der Waals surface area (Å²) in [4.78, 5) is 16.9. The molecule has 2 N–H and O–H groups in total. The molecule has 3 aromatic carbocycles. The molecule has 0 saturated heterocycles. The number of anilines is 1. The molecule has 0 aliphatic carbocycles. The zero-order valence-corrected chi connectivity index (χ0v) is 20.4. The van der Waals surface area contributed by atoms with Gasteiger partial charge in [0, 0.05) is 11.6 Å². The van der Waals surface area contributed by atoms with Crippen LogP contribution in [-0.4, -0.2) is 16.0 Å². The lowest BCUT2D eigenvalue weighted by Gasteiger charge is -2.10. The summed E-state index contributed by atoms with van der Waals surface area (Å²) in [7, 11) is 0. The number of aromatic nitrogens is 1. The first-order valence-electron chi connectivity index (χ1n) is 11.0. The monoisotopic (exact) mass is 489 g/mol. The zero-order chi connectivity index (χ0) is 24.1. The van der Waals surface area contributed by atoms with Gasteiger partial charge in [0.1, 0.15) is 5.52 Å². The molecule has 0 fully saturated rings. The molecule has 4 rings (SSSR count). The van der Waals surface area contributed by atoms with Crippen molar-refractivity contribution >= 4 is 57.7 Å². The second-order valence-electron chi connectivity index (χ2n) is 7.94. The quantitative estimate of drug-likeness (QED) is 0.221. The molecule has 0 aliphatic heterocycles. The minimum atomic E-state index is -0.343. The number of fused-ring (bicyclic) bond motifs is 1. The van der Waals surface area contributed by atoms with Crippen molar-refractivity contribution in [3.8, 4) is 11.5 Å². The zero-order valence-electron chi connectivity index (χ0n) is 18.8. The number of oxazole rings is 1. The summed E-state index contributed by atoms with van der Waals surface area (Å²) < 4.78 is 5.97. The second-order valence-corrected chi connectivity index (χ2v) is 8.75. The van der Waals surface area contributed by atoms with Crippen LogP contribution in [0, 0.1) is 0 Å². The van der Waals surface area contributed by atoms with Gasteiger partial charge >= 0.3 is 0 Å². The molecular formula is C27H24ClN3O2S. The molecule has 1 unspecified atom stereocenters.